The van der Waals surface area contributed by atoms with Crippen LogP contribution in [0.3, 0.4) is 0 Å². The van der Waals surface area contributed by atoms with Crippen molar-refractivity contribution in [1.29, 1.82) is 5.26 Å². The number of nitrogens with one attached hydrogen (secondary N) is 1. The van der Waals surface area contributed by atoms with Gasteiger partial charge in [-0.05, 0) is 48.9 Å². The molecule has 0 aliphatic rings. The highest BCUT2D eigenvalue weighted by Gasteiger charge is 2.14. The van der Waals surface area contributed by atoms with Crippen molar-refractivity contribution in [2.45, 2.75) is 6.92 Å². The van der Waals surface area contributed by atoms with Gasteiger partial charge in [-0.25, -0.2) is 0 Å². The molecule has 6 nitrogen and oxygen atoms in total. The standard InChI is InChI=1S/C25H18N2O4/c1-16-24(18-5-3-2-4-6-18)25(29)21-12-11-20(13-22(21)31-16)30-15-23(28)27-19-9-7-17(14-26)8-10-19/h2-13H,15H2,1H3,(H,27,28). The minimum Gasteiger partial charge on any atom is -0.484 e. The molecule has 6 heteroatoms. The lowest BCUT2D eigenvalue weighted by atomic mass is 10.0. The van der Waals surface area contributed by atoms with Crippen molar-refractivity contribution < 1.29 is 13.9 Å². The van der Waals surface area contributed by atoms with Crippen LogP contribution in [0.5, 0.6) is 5.75 Å². The molecule has 0 radical (unpaired) electrons. The number of hydrogen-bond acceptors (Lipinski definition) is 5. The van der Waals surface area contributed by atoms with E-state index in [9.17, 15) is 9.59 Å². The number of aryl methyl sites for hydroxylation is 1. The third-order valence-corrected chi connectivity index (χ3v) is 4.77. The number of anilines is 1. The lowest BCUT2D eigenvalue weighted by Crippen LogP contribution is -2.20. The van der Waals surface area contributed by atoms with Gasteiger partial charge in [-0.2, -0.15) is 5.26 Å². The minimum absolute atomic E-state index is 0.116. The summed E-state index contributed by atoms with van der Waals surface area (Å²) in [7, 11) is 0. The maximum Gasteiger partial charge on any atom is 0.262 e. The van der Waals surface area contributed by atoms with Crippen LogP contribution in [0.1, 0.15) is 11.3 Å². The number of fused-ring (bicyclic) bond motifs is 1. The summed E-state index contributed by atoms with van der Waals surface area (Å²) < 4.78 is 11.4. The van der Waals surface area contributed by atoms with Gasteiger partial charge in [-0.15, -0.1) is 0 Å². The topological polar surface area (TPSA) is 92.3 Å². The summed E-state index contributed by atoms with van der Waals surface area (Å²) in [5, 5.41) is 12.0. The van der Waals surface area contributed by atoms with Crippen molar-refractivity contribution in [2.24, 2.45) is 0 Å². The fraction of sp³-hybridized carbons (Fsp3) is 0.0800. The Morgan fingerprint density at radius 1 is 1.06 bits per heavy atom. The SMILES string of the molecule is Cc1oc2cc(OCC(=O)Nc3ccc(C#N)cc3)ccc2c(=O)c1-c1ccccc1. The summed E-state index contributed by atoms with van der Waals surface area (Å²) in [6.07, 6.45) is 0. The summed E-state index contributed by atoms with van der Waals surface area (Å²) in [4.78, 5) is 25.1. The Kier molecular flexibility index (Phi) is 5.50. The van der Waals surface area contributed by atoms with Gasteiger partial charge in [0.15, 0.2) is 6.61 Å². The van der Waals surface area contributed by atoms with Crippen LogP contribution in [0.2, 0.25) is 0 Å². The van der Waals surface area contributed by atoms with Gasteiger partial charge in [0.05, 0.1) is 22.6 Å². The Bertz CT molecular complexity index is 1350. The van der Waals surface area contributed by atoms with Gasteiger partial charge < -0.3 is 14.5 Å². The van der Waals surface area contributed by atoms with E-state index in [1.165, 1.54) is 0 Å². The van der Waals surface area contributed by atoms with E-state index in [0.29, 0.717) is 39.3 Å². The first-order chi connectivity index (χ1) is 15.0. The molecule has 1 heterocycles. The van der Waals surface area contributed by atoms with E-state index in [2.05, 4.69) is 5.32 Å². The number of hydrogen-bond donors (Lipinski definition) is 1. The Morgan fingerprint density at radius 3 is 2.52 bits per heavy atom. The third kappa shape index (κ3) is 4.31. The molecular weight excluding hydrogens is 392 g/mol. The zero-order valence-electron chi connectivity index (χ0n) is 16.7. The van der Waals surface area contributed by atoms with Gasteiger partial charge >= 0.3 is 0 Å². The van der Waals surface area contributed by atoms with Gasteiger partial charge in [0.25, 0.3) is 5.91 Å². The molecule has 0 unspecified atom stereocenters. The lowest BCUT2D eigenvalue weighted by molar-refractivity contribution is -0.118. The molecule has 1 aromatic heterocycles. The van der Waals surface area contributed by atoms with Crippen molar-refractivity contribution >= 4 is 22.6 Å². The third-order valence-electron chi connectivity index (χ3n) is 4.77. The second-order valence-electron chi connectivity index (χ2n) is 6.91. The van der Waals surface area contributed by atoms with Crippen molar-refractivity contribution in [2.75, 3.05) is 11.9 Å². The highest BCUT2D eigenvalue weighted by atomic mass is 16.5. The van der Waals surface area contributed by atoms with Crippen LogP contribution in [0.25, 0.3) is 22.1 Å². The van der Waals surface area contributed by atoms with E-state index in [1.54, 1.807) is 49.4 Å². The summed E-state index contributed by atoms with van der Waals surface area (Å²) in [5.74, 6) is 0.582. The van der Waals surface area contributed by atoms with Crippen LogP contribution in [0, 0.1) is 18.3 Å². The van der Waals surface area contributed by atoms with Crippen LogP contribution < -0.4 is 15.5 Å². The molecule has 0 fully saturated rings. The van der Waals surface area contributed by atoms with E-state index in [-0.39, 0.29) is 17.9 Å². The molecule has 0 aliphatic heterocycles. The molecule has 31 heavy (non-hydrogen) atoms. The highest BCUT2D eigenvalue weighted by Crippen LogP contribution is 2.26. The molecule has 0 bridgehead atoms. The van der Waals surface area contributed by atoms with Crippen LogP contribution in [-0.2, 0) is 4.79 Å². The molecule has 0 saturated heterocycles. The highest BCUT2D eigenvalue weighted by molar-refractivity contribution is 5.92. The van der Waals surface area contributed by atoms with Gasteiger partial charge in [0.1, 0.15) is 17.1 Å². The van der Waals surface area contributed by atoms with E-state index >= 15 is 0 Å². The number of rotatable bonds is 5. The maximum absolute atomic E-state index is 13.0. The summed E-state index contributed by atoms with van der Waals surface area (Å²) in [6.45, 7) is 1.54. The second kappa shape index (κ2) is 8.56. The van der Waals surface area contributed by atoms with Crippen LogP contribution >= 0.6 is 0 Å². The van der Waals surface area contributed by atoms with Gasteiger partial charge in [0.2, 0.25) is 5.43 Å². The number of nitrogens with zero attached hydrogens (tertiary/aromatic N) is 1. The average Bonchev–Trinajstić information content (AvgIpc) is 2.79. The maximum atomic E-state index is 13.0. The monoisotopic (exact) mass is 410 g/mol. The number of amides is 1. The number of benzene rings is 3. The number of carbonyl (C=O) groups excluding carboxylic acids is 1. The molecular formula is C25H18N2O4. The molecule has 0 spiro atoms. The first-order valence-electron chi connectivity index (χ1n) is 9.61. The van der Waals surface area contributed by atoms with E-state index < -0.39 is 0 Å². The fourth-order valence-corrected chi connectivity index (χ4v) is 3.29. The Morgan fingerprint density at radius 2 is 1.81 bits per heavy atom. The van der Waals surface area contributed by atoms with Crippen LogP contribution in [0.4, 0.5) is 5.69 Å². The van der Waals surface area contributed by atoms with Gasteiger partial charge in [0, 0.05) is 11.8 Å². The molecule has 0 saturated carbocycles. The van der Waals surface area contributed by atoms with Crippen molar-refractivity contribution in [3.05, 3.63) is 94.3 Å². The molecule has 0 atom stereocenters. The first-order valence-corrected chi connectivity index (χ1v) is 9.61. The second-order valence-corrected chi connectivity index (χ2v) is 6.91. The van der Waals surface area contributed by atoms with E-state index in [4.69, 9.17) is 14.4 Å². The quantitative estimate of drug-likeness (QED) is 0.517. The number of nitriles is 1. The van der Waals surface area contributed by atoms with Crippen LogP contribution in [-0.4, -0.2) is 12.5 Å². The zero-order valence-corrected chi connectivity index (χ0v) is 16.7. The van der Waals surface area contributed by atoms with E-state index in [0.717, 1.165) is 5.56 Å². The van der Waals surface area contributed by atoms with Crippen molar-refractivity contribution in [3.63, 3.8) is 0 Å². The van der Waals surface area contributed by atoms with Gasteiger partial charge in [-0.1, -0.05) is 30.3 Å². The fourth-order valence-electron chi connectivity index (χ4n) is 3.29. The molecule has 1 amide bonds. The smallest absolute Gasteiger partial charge is 0.262 e. The Balaban J connectivity index is 1.51. The van der Waals surface area contributed by atoms with Crippen molar-refractivity contribution in [1.82, 2.24) is 0 Å². The largest absolute Gasteiger partial charge is 0.484 e. The summed E-state index contributed by atoms with van der Waals surface area (Å²) in [6, 6.07) is 22.8. The predicted molar refractivity (Wildman–Crippen MR) is 118 cm³/mol. The molecule has 1 N–H and O–H groups in total. The summed E-state index contributed by atoms with van der Waals surface area (Å²) >= 11 is 0. The van der Waals surface area contributed by atoms with Crippen molar-refractivity contribution in [3.8, 4) is 22.9 Å². The number of ether oxygens (including phenoxy) is 1. The molecule has 152 valence electrons. The Hall–Kier alpha value is -4.37. The first kappa shape index (κ1) is 19.9. The average molecular weight is 410 g/mol. The number of carbonyl (C=O) groups is 1. The van der Waals surface area contributed by atoms with E-state index in [1.807, 2.05) is 36.4 Å². The van der Waals surface area contributed by atoms with Crippen LogP contribution in [0.15, 0.2) is 82.0 Å². The zero-order chi connectivity index (χ0) is 21.8. The lowest BCUT2D eigenvalue weighted by Gasteiger charge is -2.10. The molecule has 4 aromatic rings. The normalized spacial score (nSPS) is 10.5. The predicted octanol–water partition coefficient (Wildman–Crippen LogP) is 4.66. The molecule has 3 aromatic carbocycles. The molecule has 4 rings (SSSR count). The minimum atomic E-state index is -0.345. The summed E-state index contributed by atoms with van der Waals surface area (Å²) in [5.41, 5.74) is 2.69. The Labute approximate surface area is 178 Å². The molecule has 0 aliphatic carbocycles. The van der Waals surface area contributed by atoms with Gasteiger partial charge in [-0.3, -0.25) is 9.59 Å².